The molecule has 5 rings (SSSR count). The zero-order valence-electron chi connectivity index (χ0n) is 22.0. The van der Waals surface area contributed by atoms with Crippen molar-refractivity contribution >= 4 is 45.9 Å². The Morgan fingerprint density at radius 1 is 1.10 bits per heavy atom. The molecule has 210 valence electrons. The molecule has 11 nitrogen and oxygen atoms in total. The van der Waals surface area contributed by atoms with Gasteiger partial charge in [0.2, 0.25) is 0 Å². The van der Waals surface area contributed by atoms with Gasteiger partial charge in [0.1, 0.15) is 30.5 Å². The summed E-state index contributed by atoms with van der Waals surface area (Å²) in [5.41, 5.74) is 0.970. The maximum atomic E-state index is 13.5. The Balaban J connectivity index is 1.65. The predicted octanol–water partition coefficient (Wildman–Crippen LogP) is 3.98. The van der Waals surface area contributed by atoms with Crippen LogP contribution in [0.2, 0.25) is 0 Å². The minimum atomic E-state index is -1.14. The van der Waals surface area contributed by atoms with Crippen LogP contribution >= 0.6 is 11.3 Å². The molecule has 1 N–H and O–H groups in total. The molecular weight excluding hydrogens is 552 g/mol. The molecule has 0 saturated carbocycles. The van der Waals surface area contributed by atoms with Gasteiger partial charge in [0, 0.05) is 5.56 Å². The Hall–Kier alpha value is -4.97. The molecule has 1 atom stereocenters. The van der Waals surface area contributed by atoms with E-state index < -0.39 is 35.4 Å². The Bertz CT molecular complexity index is 1610. The van der Waals surface area contributed by atoms with Crippen LogP contribution in [0.5, 0.6) is 11.5 Å². The monoisotopic (exact) mass is 576 g/mol. The lowest BCUT2D eigenvalue weighted by Crippen LogP contribution is -2.29. The largest absolute Gasteiger partial charge is 0.507 e. The zero-order valence-corrected chi connectivity index (χ0v) is 22.9. The van der Waals surface area contributed by atoms with Gasteiger partial charge in [-0.25, -0.2) is 14.6 Å². The molecule has 1 unspecified atom stereocenters. The fourth-order valence-corrected chi connectivity index (χ4v) is 5.47. The van der Waals surface area contributed by atoms with E-state index in [-0.39, 0.29) is 33.3 Å². The molecule has 2 aromatic carbocycles. The molecule has 0 aliphatic carbocycles. The topological polar surface area (TPSA) is 142 Å². The van der Waals surface area contributed by atoms with E-state index in [0.717, 1.165) is 16.2 Å². The predicted molar refractivity (Wildman–Crippen MR) is 147 cm³/mol. The summed E-state index contributed by atoms with van der Waals surface area (Å²) in [5, 5.41) is 11.5. The third-order valence-electron chi connectivity index (χ3n) is 6.42. The van der Waals surface area contributed by atoms with Crippen LogP contribution in [0.3, 0.4) is 0 Å². The van der Waals surface area contributed by atoms with Crippen LogP contribution in [0.1, 0.15) is 42.9 Å². The summed E-state index contributed by atoms with van der Waals surface area (Å²) in [7, 11) is 1.25. The minimum Gasteiger partial charge on any atom is -0.507 e. The van der Waals surface area contributed by atoms with Crippen molar-refractivity contribution in [3.8, 4) is 11.5 Å². The first-order valence-electron chi connectivity index (χ1n) is 12.4. The summed E-state index contributed by atoms with van der Waals surface area (Å²) in [6.45, 7) is 5.78. The van der Waals surface area contributed by atoms with E-state index in [1.54, 1.807) is 31.2 Å². The number of fused-ring (bicyclic) bond motifs is 1. The average Bonchev–Trinajstić information content (AvgIpc) is 3.50. The summed E-state index contributed by atoms with van der Waals surface area (Å²) in [5.74, 6) is -2.71. The number of aliphatic hydroxyl groups excluding tert-OH is 1. The van der Waals surface area contributed by atoms with Crippen LogP contribution in [-0.2, 0) is 19.1 Å². The van der Waals surface area contributed by atoms with Crippen molar-refractivity contribution in [2.24, 2.45) is 0 Å². The highest BCUT2D eigenvalue weighted by Crippen LogP contribution is 2.44. The number of nitrogens with zero attached hydrogens (tertiary/aromatic N) is 2. The molecule has 1 fully saturated rings. The number of carbonyl (C=O) groups is 4. The first-order valence-corrected chi connectivity index (χ1v) is 13.2. The van der Waals surface area contributed by atoms with Crippen molar-refractivity contribution < 1.29 is 43.2 Å². The molecule has 2 aliphatic rings. The third kappa shape index (κ3) is 5.05. The summed E-state index contributed by atoms with van der Waals surface area (Å²) in [6, 6.07) is 9.60. The number of hydrogen-bond acceptors (Lipinski definition) is 11. The van der Waals surface area contributed by atoms with Gasteiger partial charge in [-0.1, -0.05) is 36.1 Å². The molecule has 2 aliphatic heterocycles. The van der Waals surface area contributed by atoms with Crippen molar-refractivity contribution in [1.82, 2.24) is 4.98 Å². The third-order valence-corrected chi connectivity index (χ3v) is 7.55. The van der Waals surface area contributed by atoms with E-state index in [1.165, 1.54) is 31.4 Å². The average molecular weight is 577 g/mol. The Morgan fingerprint density at radius 2 is 1.78 bits per heavy atom. The van der Waals surface area contributed by atoms with Gasteiger partial charge >= 0.3 is 17.8 Å². The van der Waals surface area contributed by atoms with Crippen molar-refractivity contribution in [2.45, 2.75) is 13.0 Å². The maximum Gasteiger partial charge on any atom is 0.350 e. The fraction of sp³-hybridized carbons (Fsp3) is 0.207. The molecule has 0 radical (unpaired) electrons. The lowest BCUT2D eigenvalue weighted by molar-refractivity contribution is -0.132. The van der Waals surface area contributed by atoms with E-state index >= 15 is 0 Å². The van der Waals surface area contributed by atoms with Crippen LogP contribution in [0.4, 0.5) is 5.13 Å². The molecule has 0 bridgehead atoms. The molecule has 1 saturated heterocycles. The van der Waals surface area contributed by atoms with Gasteiger partial charge < -0.3 is 24.1 Å². The number of hydrogen-bond donors (Lipinski definition) is 1. The summed E-state index contributed by atoms with van der Waals surface area (Å²) >= 11 is 0.877. The fourth-order valence-electron chi connectivity index (χ4n) is 4.49. The Labute approximate surface area is 238 Å². The van der Waals surface area contributed by atoms with Crippen molar-refractivity contribution in [1.29, 1.82) is 0 Å². The van der Waals surface area contributed by atoms with Crippen LogP contribution in [0.15, 0.2) is 60.7 Å². The number of aliphatic hydroxyl groups is 1. The second-order valence-electron chi connectivity index (χ2n) is 8.94. The number of thiazole rings is 1. The smallest absolute Gasteiger partial charge is 0.350 e. The van der Waals surface area contributed by atoms with Gasteiger partial charge in [0.25, 0.3) is 5.78 Å². The molecule has 3 aromatic rings. The highest BCUT2D eigenvalue weighted by Gasteiger charge is 2.48. The van der Waals surface area contributed by atoms with Crippen molar-refractivity contribution in [2.75, 3.05) is 31.8 Å². The minimum absolute atomic E-state index is 0.0158. The summed E-state index contributed by atoms with van der Waals surface area (Å²) < 4.78 is 21.1. The molecule has 1 aromatic heterocycles. The number of rotatable bonds is 7. The van der Waals surface area contributed by atoms with E-state index in [1.807, 2.05) is 0 Å². The van der Waals surface area contributed by atoms with Crippen LogP contribution in [0, 0.1) is 6.92 Å². The maximum absolute atomic E-state index is 13.5. The Morgan fingerprint density at radius 3 is 2.46 bits per heavy atom. The number of amides is 1. The summed E-state index contributed by atoms with van der Waals surface area (Å²) in [4.78, 5) is 57.3. The van der Waals surface area contributed by atoms with Gasteiger partial charge in [-0.15, -0.1) is 0 Å². The number of ketones is 1. The number of esters is 2. The quantitative estimate of drug-likeness (QED) is 0.144. The Kier molecular flexibility index (Phi) is 7.58. The first kappa shape index (κ1) is 27.6. The highest BCUT2D eigenvalue weighted by molar-refractivity contribution is 7.17. The second-order valence-corrected chi connectivity index (χ2v) is 9.92. The lowest BCUT2D eigenvalue weighted by atomic mass is 9.94. The standard InChI is InChI=1S/C29H24N2O9S/c1-4-11-40-28(36)25-15(2)30-29(41-25)31-22(16-5-7-17(8-6-16)27(35)37-3)21(24(33)26(31)34)23(32)18-9-10-19-20(14-18)39-13-12-38-19/h4-10,14,22,32H,1,11-13H2,2-3H3/b23-21-. The van der Waals surface area contributed by atoms with E-state index in [2.05, 4.69) is 11.6 Å². The molecule has 0 spiro atoms. The number of Topliss-reactive ketones (excluding diaryl/α,β-unsaturated/α-hetero) is 1. The molecule has 3 heterocycles. The van der Waals surface area contributed by atoms with Gasteiger partial charge in [0.05, 0.1) is 30.0 Å². The highest BCUT2D eigenvalue weighted by atomic mass is 32.1. The summed E-state index contributed by atoms with van der Waals surface area (Å²) in [6.07, 6.45) is 1.42. The van der Waals surface area contributed by atoms with E-state index in [9.17, 15) is 24.3 Å². The number of aromatic nitrogens is 1. The SMILES string of the molecule is C=CCOC(=O)c1sc(N2C(=O)C(=O)/C(=C(\O)c3ccc4c(c3)OCCO4)C2c2ccc(C(=O)OC)cc2)nc1C. The number of carbonyl (C=O) groups excluding carboxylic acids is 4. The first-order chi connectivity index (χ1) is 19.7. The lowest BCUT2D eigenvalue weighted by Gasteiger charge is -2.23. The van der Waals surface area contributed by atoms with Crippen molar-refractivity contribution in [3.63, 3.8) is 0 Å². The van der Waals surface area contributed by atoms with E-state index in [4.69, 9.17) is 18.9 Å². The van der Waals surface area contributed by atoms with Crippen LogP contribution in [0.25, 0.3) is 5.76 Å². The van der Waals surface area contributed by atoms with Crippen LogP contribution in [-0.4, -0.2) is 60.6 Å². The molecule has 1 amide bonds. The van der Waals surface area contributed by atoms with Gasteiger partial charge in [0.15, 0.2) is 16.6 Å². The number of aryl methyl sites for hydroxylation is 1. The second kappa shape index (κ2) is 11.3. The number of methoxy groups -OCH3 is 1. The molecule has 41 heavy (non-hydrogen) atoms. The zero-order chi connectivity index (χ0) is 29.3. The van der Waals surface area contributed by atoms with Gasteiger partial charge in [-0.05, 0) is 42.8 Å². The number of anilines is 1. The number of ether oxygens (including phenoxy) is 4. The number of benzene rings is 2. The van der Waals surface area contributed by atoms with Crippen LogP contribution < -0.4 is 14.4 Å². The molecule has 12 heteroatoms. The van der Waals surface area contributed by atoms with E-state index in [0.29, 0.717) is 36.0 Å². The molecular formula is C29H24N2O9S. The van der Waals surface area contributed by atoms with Crippen molar-refractivity contribution in [3.05, 3.63) is 88.0 Å². The van der Waals surface area contributed by atoms with Gasteiger partial charge in [-0.2, -0.15) is 0 Å². The van der Waals surface area contributed by atoms with Gasteiger partial charge in [-0.3, -0.25) is 14.5 Å². The normalized spacial score (nSPS) is 17.3.